The van der Waals surface area contributed by atoms with Crippen LogP contribution in [0.3, 0.4) is 0 Å². The van der Waals surface area contributed by atoms with Gasteiger partial charge in [0.1, 0.15) is 5.56 Å². The maximum absolute atomic E-state index is 13.0. The standard InChI is InChI=1S/C19H24N4O2/c24-18-15(11-13-5-2-1-3-7-16(13)21-18)19(25)23-10-4-6-14(12-23)17-8-9-20-22-17/h8-9,11,14H,1-7,10,12H2,(H,20,22)(H,21,24). The molecule has 4 rings (SSSR count). The van der Waals surface area contributed by atoms with Crippen LogP contribution in [0.4, 0.5) is 0 Å². The van der Waals surface area contributed by atoms with Gasteiger partial charge >= 0.3 is 0 Å². The minimum Gasteiger partial charge on any atom is -0.338 e. The van der Waals surface area contributed by atoms with Gasteiger partial charge in [0, 0.05) is 36.6 Å². The molecule has 25 heavy (non-hydrogen) atoms. The number of nitrogens with zero attached hydrogens (tertiary/aromatic N) is 2. The maximum atomic E-state index is 13.0. The summed E-state index contributed by atoms with van der Waals surface area (Å²) < 4.78 is 0. The molecule has 2 aliphatic rings. The van der Waals surface area contributed by atoms with Crippen LogP contribution in [0.1, 0.15) is 65.3 Å². The highest BCUT2D eigenvalue weighted by atomic mass is 16.2. The Balaban J connectivity index is 1.58. The van der Waals surface area contributed by atoms with Crippen molar-refractivity contribution in [2.45, 2.75) is 50.9 Å². The molecule has 1 fully saturated rings. The minimum atomic E-state index is -0.241. The molecule has 1 atom stereocenters. The topological polar surface area (TPSA) is 81.8 Å². The van der Waals surface area contributed by atoms with E-state index in [0.29, 0.717) is 18.7 Å². The third-order valence-electron chi connectivity index (χ3n) is 5.49. The van der Waals surface area contributed by atoms with Crippen LogP contribution in [-0.4, -0.2) is 39.1 Å². The van der Waals surface area contributed by atoms with Crippen molar-refractivity contribution in [3.8, 4) is 0 Å². The summed E-state index contributed by atoms with van der Waals surface area (Å²) >= 11 is 0. The van der Waals surface area contributed by atoms with E-state index in [4.69, 9.17) is 0 Å². The van der Waals surface area contributed by atoms with Gasteiger partial charge in [-0.05, 0) is 56.2 Å². The van der Waals surface area contributed by atoms with E-state index in [9.17, 15) is 9.59 Å². The number of nitrogens with one attached hydrogen (secondary N) is 2. The molecular weight excluding hydrogens is 316 g/mol. The summed E-state index contributed by atoms with van der Waals surface area (Å²) in [6.45, 7) is 1.34. The van der Waals surface area contributed by atoms with E-state index in [1.54, 1.807) is 6.20 Å². The van der Waals surface area contributed by atoms with E-state index in [2.05, 4.69) is 15.2 Å². The highest BCUT2D eigenvalue weighted by molar-refractivity contribution is 5.94. The third kappa shape index (κ3) is 3.25. The Morgan fingerprint density at radius 3 is 2.92 bits per heavy atom. The second-order valence-corrected chi connectivity index (χ2v) is 7.18. The van der Waals surface area contributed by atoms with Gasteiger partial charge in [-0.25, -0.2) is 0 Å². The summed E-state index contributed by atoms with van der Waals surface area (Å²) in [4.78, 5) is 30.3. The fourth-order valence-electron chi connectivity index (χ4n) is 4.09. The number of H-pyrrole nitrogens is 2. The Hall–Kier alpha value is -2.37. The number of rotatable bonds is 2. The Bertz CT molecular complexity index is 809. The highest BCUT2D eigenvalue weighted by Gasteiger charge is 2.28. The summed E-state index contributed by atoms with van der Waals surface area (Å²) in [6.07, 6.45) is 8.98. The summed E-state index contributed by atoms with van der Waals surface area (Å²) in [5.41, 5.74) is 3.28. The van der Waals surface area contributed by atoms with E-state index in [1.165, 1.54) is 6.42 Å². The lowest BCUT2D eigenvalue weighted by atomic mass is 9.94. The summed E-state index contributed by atoms with van der Waals surface area (Å²) in [6, 6.07) is 3.81. The molecule has 1 unspecified atom stereocenters. The van der Waals surface area contributed by atoms with Gasteiger partial charge in [0.15, 0.2) is 0 Å². The van der Waals surface area contributed by atoms with Crippen molar-refractivity contribution in [1.29, 1.82) is 0 Å². The fourth-order valence-corrected chi connectivity index (χ4v) is 4.09. The number of carbonyl (C=O) groups is 1. The molecule has 132 valence electrons. The molecule has 1 aliphatic carbocycles. The van der Waals surface area contributed by atoms with Crippen LogP contribution < -0.4 is 5.56 Å². The van der Waals surface area contributed by atoms with Crippen molar-refractivity contribution in [2.75, 3.05) is 13.1 Å². The van der Waals surface area contributed by atoms with E-state index >= 15 is 0 Å². The smallest absolute Gasteiger partial charge is 0.261 e. The van der Waals surface area contributed by atoms with Crippen molar-refractivity contribution in [1.82, 2.24) is 20.1 Å². The number of aryl methyl sites for hydroxylation is 2. The van der Waals surface area contributed by atoms with Crippen LogP contribution in [0.25, 0.3) is 0 Å². The number of hydrogen-bond donors (Lipinski definition) is 2. The Morgan fingerprint density at radius 1 is 1.20 bits per heavy atom. The quantitative estimate of drug-likeness (QED) is 0.824. The molecule has 1 saturated heterocycles. The monoisotopic (exact) mass is 340 g/mol. The highest BCUT2D eigenvalue weighted by Crippen LogP contribution is 2.26. The van der Waals surface area contributed by atoms with E-state index < -0.39 is 0 Å². The van der Waals surface area contributed by atoms with Gasteiger partial charge in [-0.2, -0.15) is 5.10 Å². The first-order valence-electron chi connectivity index (χ1n) is 9.26. The lowest BCUT2D eigenvalue weighted by molar-refractivity contribution is 0.0704. The van der Waals surface area contributed by atoms with Crippen LogP contribution in [0, 0.1) is 0 Å². The van der Waals surface area contributed by atoms with Crippen LogP contribution in [0.15, 0.2) is 23.1 Å². The van der Waals surface area contributed by atoms with Gasteiger partial charge in [0.2, 0.25) is 0 Å². The molecule has 2 aromatic rings. The second-order valence-electron chi connectivity index (χ2n) is 7.18. The molecule has 2 aromatic heterocycles. The first kappa shape index (κ1) is 16.1. The normalized spacial score (nSPS) is 20.8. The summed E-state index contributed by atoms with van der Waals surface area (Å²) in [5.74, 6) is 0.123. The number of amides is 1. The predicted octanol–water partition coefficient (Wildman–Crippen LogP) is 2.39. The van der Waals surface area contributed by atoms with Gasteiger partial charge < -0.3 is 9.88 Å². The van der Waals surface area contributed by atoms with Crippen LogP contribution in [0.2, 0.25) is 0 Å². The van der Waals surface area contributed by atoms with E-state index in [1.807, 2.05) is 17.0 Å². The fraction of sp³-hybridized carbons (Fsp3) is 0.526. The lowest BCUT2D eigenvalue weighted by Crippen LogP contribution is -2.41. The second kappa shape index (κ2) is 6.86. The zero-order valence-electron chi connectivity index (χ0n) is 14.4. The minimum absolute atomic E-state index is 0.141. The molecule has 3 heterocycles. The van der Waals surface area contributed by atoms with Crippen molar-refractivity contribution < 1.29 is 4.79 Å². The van der Waals surface area contributed by atoms with Gasteiger partial charge in [-0.1, -0.05) is 6.42 Å². The number of fused-ring (bicyclic) bond motifs is 1. The SMILES string of the molecule is O=C(c1cc2c([nH]c1=O)CCCCC2)N1CCCC(c2ccn[nH]2)C1. The van der Waals surface area contributed by atoms with Crippen molar-refractivity contribution in [2.24, 2.45) is 0 Å². The number of likely N-dealkylation sites (tertiary alicyclic amines) is 1. The molecule has 0 saturated carbocycles. The molecule has 0 radical (unpaired) electrons. The van der Waals surface area contributed by atoms with Crippen LogP contribution in [-0.2, 0) is 12.8 Å². The van der Waals surface area contributed by atoms with Crippen LogP contribution in [0.5, 0.6) is 0 Å². The number of carbonyl (C=O) groups excluding carboxylic acids is 1. The summed E-state index contributed by atoms with van der Waals surface area (Å²) in [7, 11) is 0. The average molecular weight is 340 g/mol. The number of piperidine rings is 1. The largest absolute Gasteiger partial charge is 0.338 e. The predicted molar refractivity (Wildman–Crippen MR) is 94.8 cm³/mol. The maximum Gasteiger partial charge on any atom is 0.261 e. The summed E-state index contributed by atoms with van der Waals surface area (Å²) in [5, 5.41) is 7.02. The van der Waals surface area contributed by atoms with Crippen molar-refractivity contribution >= 4 is 5.91 Å². The molecule has 1 amide bonds. The van der Waals surface area contributed by atoms with Gasteiger partial charge in [-0.3, -0.25) is 14.7 Å². The van der Waals surface area contributed by atoms with E-state index in [-0.39, 0.29) is 17.4 Å². The number of aromatic nitrogens is 3. The first-order valence-corrected chi connectivity index (χ1v) is 9.26. The van der Waals surface area contributed by atoms with Gasteiger partial charge in [-0.15, -0.1) is 0 Å². The molecule has 6 heteroatoms. The molecule has 6 nitrogen and oxygen atoms in total. The Kier molecular flexibility index (Phi) is 4.42. The molecule has 0 bridgehead atoms. The van der Waals surface area contributed by atoms with Gasteiger partial charge in [0.05, 0.1) is 0 Å². The zero-order valence-corrected chi connectivity index (χ0v) is 14.4. The van der Waals surface area contributed by atoms with Crippen molar-refractivity contribution in [3.05, 3.63) is 51.2 Å². The zero-order chi connectivity index (χ0) is 17.2. The van der Waals surface area contributed by atoms with Crippen LogP contribution >= 0.6 is 0 Å². The molecule has 0 spiro atoms. The van der Waals surface area contributed by atoms with E-state index in [0.717, 1.165) is 55.5 Å². The number of hydrogen-bond acceptors (Lipinski definition) is 3. The molecule has 1 aliphatic heterocycles. The Labute approximate surface area is 146 Å². The molecule has 0 aromatic carbocycles. The lowest BCUT2D eigenvalue weighted by Gasteiger charge is -2.32. The number of pyridine rings is 1. The molecule has 2 N–H and O–H groups in total. The third-order valence-corrected chi connectivity index (χ3v) is 5.49. The first-order chi connectivity index (χ1) is 12.2. The van der Waals surface area contributed by atoms with Gasteiger partial charge in [0.25, 0.3) is 11.5 Å². The van der Waals surface area contributed by atoms with Crippen molar-refractivity contribution in [3.63, 3.8) is 0 Å². The molecular formula is C19H24N4O2. The average Bonchev–Trinajstić information content (AvgIpc) is 3.08. The number of aromatic amines is 2. The Morgan fingerprint density at radius 2 is 2.08 bits per heavy atom.